The zero-order valence-electron chi connectivity index (χ0n) is 21.5. The lowest BCUT2D eigenvalue weighted by Gasteiger charge is -2.38. The Morgan fingerprint density at radius 2 is 1.87 bits per heavy atom. The van der Waals surface area contributed by atoms with Gasteiger partial charge in [-0.1, -0.05) is 6.07 Å². The quantitative estimate of drug-likeness (QED) is 0.260. The third kappa shape index (κ3) is 5.05. The molecule has 0 radical (unpaired) electrons. The second kappa shape index (κ2) is 10.5. The molecule has 0 amide bonds. The Hall–Kier alpha value is -4.38. The third-order valence-electron chi connectivity index (χ3n) is 6.74. The highest BCUT2D eigenvalue weighted by Crippen LogP contribution is 2.34. The zero-order valence-corrected chi connectivity index (χ0v) is 21.5. The Bertz CT molecular complexity index is 1460. The second-order valence-corrected chi connectivity index (χ2v) is 9.35. The number of benzene rings is 2. The summed E-state index contributed by atoms with van der Waals surface area (Å²) in [6, 6.07) is 12.3. The van der Waals surface area contributed by atoms with Crippen LogP contribution in [0.5, 0.6) is 5.75 Å². The molecule has 2 aromatic carbocycles. The predicted octanol–water partition coefficient (Wildman–Crippen LogP) is 4.82. The van der Waals surface area contributed by atoms with Crippen molar-refractivity contribution < 1.29 is 19.0 Å². The van der Waals surface area contributed by atoms with Crippen LogP contribution in [0.2, 0.25) is 0 Å². The topological polar surface area (TPSA) is 119 Å². The van der Waals surface area contributed by atoms with Gasteiger partial charge in [-0.15, -0.1) is 0 Å². The summed E-state index contributed by atoms with van der Waals surface area (Å²) in [6.07, 6.45) is 1.70. The van der Waals surface area contributed by atoms with Gasteiger partial charge in [-0.2, -0.15) is 9.97 Å². The Balaban J connectivity index is 1.42. The number of rotatable bonds is 8. The van der Waals surface area contributed by atoms with Crippen molar-refractivity contribution in [3.63, 3.8) is 0 Å². The molecule has 4 N–H and O–H groups in total. The molecule has 1 fully saturated rings. The van der Waals surface area contributed by atoms with Gasteiger partial charge in [0.05, 0.1) is 23.9 Å². The maximum Gasteiger partial charge on any atom is 0.340 e. The van der Waals surface area contributed by atoms with Crippen LogP contribution < -0.4 is 20.3 Å². The highest BCUT2D eigenvalue weighted by Gasteiger charge is 2.21. The van der Waals surface area contributed by atoms with E-state index >= 15 is 0 Å². The van der Waals surface area contributed by atoms with Gasteiger partial charge in [0, 0.05) is 50.2 Å². The smallest absolute Gasteiger partial charge is 0.340 e. The first-order valence-corrected chi connectivity index (χ1v) is 12.4. The molecule has 3 heterocycles. The van der Waals surface area contributed by atoms with E-state index in [9.17, 15) is 14.3 Å². The molecule has 11 heteroatoms. The third-order valence-corrected chi connectivity index (χ3v) is 6.74. The summed E-state index contributed by atoms with van der Waals surface area (Å²) in [6.45, 7) is 8.33. The number of aromatic carboxylic acids is 1. The average Bonchev–Trinajstić information content (AvgIpc) is 3.38. The average molecular weight is 520 g/mol. The lowest BCUT2D eigenvalue weighted by molar-refractivity contribution is 0.0693. The fraction of sp³-hybridized carbons (Fsp3) is 0.296. The lowest BCUT2D eigenvalue weighted by Crippen LogP contribution is -2.48. The van der Waals surface area contributed by atoms with Crippen LogP contribution in [-0.2, 0) is 0 Å². The van der Waals surface area contributed by atoms with Crippen molar-refractivity contribution in [3.05, 3.63) is 60.0 Å². The molecule has 0 saturated carbocycles. The molecule has 10 nitrogen and oxygen atoms in total. The van der Waals surface area contributed by atoms with Gasteiger partial charge in [0.2, 0.25) is 5.95 Å². The molecular formula is C27H30FN7O3. The van der Waals surface area contributed by atoms with E-state index in [0.29, 0.717) is 34.3 Å². The first kappa shape index (κ1) is 25.3. The molecule has 38 heavy (non-hydrogen) atoms. The molecule has 0 spiro atoms. The SMILES string of the molecule is COc1cc(N2CCN(C(C)C)CC2)ccc1Nc1nc(Nc2cccc(F)c2C(=O)O)c2cc[nH]c2n1. The zero-order chi connectivity index (χ0) is 26.8. The molecule has 198 valence electrons. The van der Waals surface area contributed by atoms with E-state index in [4.69, 9.17) is 4.74 Å². The number of fused-ring (bicyclic) bond motifs is 1. The van der Waals surface area contributed by atoms with Gasteiger partial charge in [0.15, 0.2) is 0 Å². The van der Waals surface area contributed by atoms with Crippen LogP contribution in [0.1, 0.15) is 24.2 Å². The summed E-state index contributed by atoms with van der Waals surface area (Å²) >= 11 is 0. The molecular weight excluding hydrogens is 489 g/mol. The molecule has 5 rings (SSSR count). The summed E-state index contributed by atoms with van der Waals surface area (Å²) in [5.74, 6) is -0.996. The minimum Gasteiger partial charge on any atom is -0.494 e. The number of hydrogen-bond acceptors (Lipinski definition) is 8. The van der Waals surface area contributed by atoms with Crippen LogP contribution in [0, 0.1) is 5.82 Å². The number of nitrogens with one attached hydrogen (secondary N) is 3. The highest BCUT2D eigenvalue weighted by molar-refractivity contribution is 5.98. The fourth-order valence-corrected chi connectivity index (χ4v) is 4.66. The number of carboxylic acids is 1. The van der Waals surface area contributed by atoms with Crippen molar-refractivity contribution in [2.45, 2.75) is 19.9 Å². The standard InChI is InChI=1S/C27H30FN7O3/c1-16(2)34-11-13-35(14-12-34)17-7-8-20(22(15-17)38-3)31-27-32-24-18(9-10-29-24)25(33-27)30-21-6-4-5-19(28)23(21)26(36)37/h4-10,15-16H,11-14H2,1-3H3,(H,36,37)(H3,29,30,31,32,33). The Labute approximate surface area is 219 Å². The van der Waals surface area contributed by atoms with Gasteiger partial charge >= 0.3 is 5.97 Å². The fourth-order valence-electron chi connectivity index (χ4n) is 4.66. The van der Waals surface area contributed by atoms with Gasteiger partial charge in [-0.3, -0.25) is 4.90 Å². The number of halogens is 1. The van der Waals surface area contributed by atoms with Gasteiger partial charge in [-0.25, -0.2) is 9.18 Å². The van der Waals surface area contributed by atoms with Crippen molar-refractivity contribution in [3.8, 4) is 5.75 Å². The minimum atomic E-state index is -1.38. The van der Waals surface area contributed by atoms with Crippen LogP contribution in [-0.4, -0.2) is 70.3 Å². The van der Waals surface area contributed by atoms with E-state index in [1.165, 1.54) is 12.1 Å². The monoisotopic (exact) mass is 519 g/mol. The van der Waals surface area contributed by atoms with Crippen LogP contribution >= 0.6 is 0 Å². The van der Waals surface area contributed by atoms with E-state index in [1.54, 1.807) is 19.4 Å². The number of carboxylic acid groups (broad SMARTS) is 1. The molecule has 0 unspecified atom stereocenters. The van der Waals surface area contributed by atoms with Crippen molar-refractivity contribution >= 4 is 45.8 Å². The van der Waals surface area contributed by atoms with Gasteiger partial charge in [0.25, 0.3) is 0 Å². The number of anilines is 5. The van der Waals surface area contributed by atoms with Gasteiger partial charge in [-0.05, 0) is 44.2 Å². The van der Waals surface area contributed by atoms with Crippen molar-refractivity contribution in [1.82, 2.24) is 19.9 Å². The molecule has 1 aliphatic rings. The minimum absolute atomic E-state index is 0.0872. The number of aromatic nitrogens is 3. The van der Waals surface area contributed by atoms with E-state index in [-0.39, 0.29) is 11.6 Å². The Morgan fingerprint density at radius 1 is 1.08 bits per heavy atom. The molecule has 1 aliphatic heterocycles. The maximum atomic E-state index is 14.2. The van der Waals surface area contributed by atoms with E-state index in [2.05, 4.69) is 49.2 Å². The number of nitrogens with zero attached hydrogens (tertiary/aromatic N) is 4. The second-order valence-electron chi connectivity index (χ2n) is 9.35. The Kier molecular flexibility index (Phi) is 7.01. The van der Waals surface area contributed by atoms with Crippen molar-refractivity contribution in [1.29, 1.82) is 0 Å². The number of hydrogen-bond donors (Lipinski definition) is 4. The van der Waals surface area contributed by atoms with Crippen LogP contribution in [0.15, 0.2) is 48.7 Å². The summed E-state index contributed by atoms with van der Waals surface area (Å²) in [7, 11) is 1.61. The molecule has 2 aromatic heterocycles. The number of methoxy groups -OCH3 is 1. The van der Waals surface area contributed by atoms with E-state index in [1.807, 2.05) is 18.2 Å². The summed E-state index contributed by atoms with van der Waals surface area (Å²) < 4.78 is 19.9. The first-order valence-electron chi connectivity index (χ1n) is 12.4. The Morgan fingerprint density at radius 3 is 2.58 bits per heavy atom. The predicted molar refractivity (Wildman–Crippen MR) is 146 cm³/mol. The van der Waals surface area contributed by atoms with E-state index in [0.717, 1.165) is 37.9 Å². The van der Waals surface area contributed by atoms with Gasteiger partial charge in [0.1, 0.15) is 28.6 Å². The number of carbonyl (C=O) groups is 1. The molecule has 0 bridgehead atoms. The van der Waals surface area contributed by atoms with Crippen LogP contribution in [0.3, 0.4) is 0 Å². The number of H-pyrrole nitrogens is 1. The normalized spacial score (nSPS) is 14.2. The largest absolute Gasteiger partial charge is 0.494 e. The molecule has 0 aliphatic carbocycles. The lowest BCUT2D eigenvalue weighted by atomic mass is 10.1. The number of aromatic amines is 1. The number of ether oxygens (including phenoxy) is 1. The maximum absolute atomic E-state index is 14.2. The highest BCUT2D eigenvalue weighted by atomic mass is 19.1. The molecule has 1 saturated heterocycles. The number of piperazine rings is 1. The van der Waals surface area contributed by atoms with Crippen LogP contribution in [0.4, 0.5) is 33.2 Å². The summed E-state index contributed by atoms with van der Waals surface area (Å²) in [5, 5.41) is 16.3. The molecule has 0 atom stereocenters. The van der Waals surface area contributed by atoms with Crippen molar-refractivity contribution in [2.75, 3.05) is 48.8 Å². The van der Waals surface area contributed by atoms with E-state index < -0.39 is 17.3 Å². The molecule has 4 aromatic rings. The van der Waals surface area contributed by atoms with Crippen molar-refractivity contribution in [2.24, 2.45) is 0 Å². The first-order chi connectivity index (χ1) is 18.3. The van der Waals surface area contributed by atoms with Gasteiger partial charge < -0.3 is 30.4 Å². The summed E-state index contributed by atoms with van der Waals surface area (Å²) in [5.41, 5.74) is 1.90. The summed E-state index contributed by atoms with van der Waals surface area (Å²) in [4.78, 5) is 28.6. The van der Waals surface area contributed by atoms with Crippen LogP contribution in [0.25, 0.3) is 11.0 Å².